The van der Waals surface area contributed by atoms with Crippen LogP contribution >= 0.6 is 0 Å². The maximum atomic E-state index is 12.4. The van der Waals surface area contributed by atoms with Gasteiger partial charge < -0.3 is 14.7 Å². The lowest BCUT2D eigenvalue weighted by Crippen LogP contribution is -2.48. The van der Waals surface area contributed by atoms with E-state index in [1.165, 1.54) is 5.56 Å². The maximum Gasteiger partial charge on any atom is 0.224 e. The first-order valence-corrected chi connectivity index (χ1v) is 8.20. The molecule has 5 nitrogen and oxygen atoms in total. The summed E-state index contributed by atoms with van der Waals surface area (Å²) in [5, 5.41) is 0. The van der Waals surface area contributed by atoms with E-state index in [-0.39, 0.29) is 11.8 Å². The van der Waals surface area contributed by atoms with E-state index in [9.17, 15) is 9.59 Å². The summed E-state index contributed by atoms with van der Waals surface area (Å²) >= 11 is 0. The molecule has 0 atom stereocenters. The lowest BCUT2D eigenvalue weighted by atomic mass is 10.1. The molecule has 1 aliphatic rings. The molecular weight excluding hydrogens is 290 g/mol. The molecule has 0 aromatic heterocycles. The molecule has 2 rings (SSSR count). The van der Waals surface area contributed by atoms with Gasteiger partial charge in [-0.25, -0.2) is 0 Å². The summed E-state index contributed by atoms with van der Waals surface area (Å²) in [6.45, 7) is 9.41. The Morgan fingerprint density at radius 1 is 1.13 bits per heavy atom. The Labute approximate surface area is 138 Å². The third kappa shape index (κ3) is 4.55. The topological polar surface area (TPSA) is 43.9 Å². The van der Waals surface area contributed by atoms with E-state index in [0.717, 1.165) is 37.4 Å². The smallest absolute Gasteiger partial charge is 0.224 e. The summed E-state index contributed by atoms with van der Waals surface area (Å²) in [7, 11) is 2.07. The van der Waals surface area contributed by atoms with Crippen LogP contribution in [0, 0.1) is 13.8 Å². The number of carbonyl (C=O) groups excluding carboxylic acids is 2. The van der Waals surface area contributed by atoms with Gasteiger partial charge in [-0.1, -0.05) is 17.7 Å². The Kier molecular flexibility index (Phi) is 5.77. The minimum atomic E-state index is -0.0249. The predicted molar refractivity (Wildman–Crippen MR) is 92.6 cm³/mol. The van der Waals surface area contributed by atoms with E-state index in [2.05, 4.69) is 18.0 Å². The van der Waals surface area contributed by atoms with Gasteiger partial charge in [0.2, 0.25) is 11.8 Å². The van der Waals surface area contributed by atoms with Gasteiger partial charge in [-0.3, -0.25) is 9.59 Å². The molecule has 0 bridgehead atoms. The molecule has 0 spiro atoms. The average Bonchev–Trinajstić information content (AvgIpc) is 2.49. The Bertz CT molecular complexity index is 578. The van der Waals surface area contributed by atoms with Crippen LogP contribution in [0.3, 0.4) is 0 Å². The van der Waals surface area contributed by atoms with E-state index in [1.54, 1.807) is 11.8 Å². The summed E-state index contributed by atoms with van der Waals surface area (Å²) in [6.07, 6.45) is 0.372. The van der Waals surface area contributed by atoms with Crippen LogP contribution in [0.4, 0.5) is 5.69 Å². The van der Waals surface area contributed by atoms with Gasteiger partial charge in [-0.2, -0.15) is 0 Å². The van der Waals surface area contributed by atoms with Crippen molar-refractivity contribution in [2.45, 2.75) is 27.2 Å². The van der Waals surface area contributed by atoms with Gasteiger partial charge in [0.25, 0.3) is 0 Å². The van der Waals surface area contributed by atoms with Gasteiger partial charge in [0.05, 0.1) is 0 Å². The number of nitrogens with zero attached hydrogens (tertiary/aromatic N) is 3. The molecule has 1 aliphatic heterocycles. The quantitative estimate of drug-likeness (QED) is 0.851. The minimum Gasteiger partial charge on any atom is -0.340 e. The molecule has 1 saturated heterocycles. The average molecular weight is 317 g/mol. The molecule has 1 aromatic rings. The second kappa shape index (κ2) is 7.59. The fraction of sp³-hybridized carbons (Fsp3) is 0.556. The van der Waals surface area contributed by atoms with E-state index in [0.29, 0.717) is 13.0 Å². The first kappa shape index (κ1) is 17.5. The fourth-order valence-electron chi connectivity index (χ4n) is 2.98. The Morgan fingerprint density at radius 3 is 2.35 bits per heavy atom. The Balaban J connectivity index is 2.00. The summed E-state index contributed by atoms with van der Waals surface area (Å²) in [4.78, 5) is 30.2. The zero-order valence-corrected chi connectivity index (χ0v) is 14.6. The van der Waals surface area contributed by atoms with E-state index < -0.39 is 0 Å². The number of hydrogen-bond donors (Lipinski definition) is 0. The van der Waals surface area contributed by atoms with Crippen LogP contribution in [0.15, 0.2) is 18.2 Å². The number of rotatable bonds is 4. The van der Waals surface area contributed by atoms with Crippen LogP contribution in [-0.2, 0) is 9.59 Å². The number of anilines is 1. The third-order valence-electron chi connectivity index (χ3n) is 4.43. The molecule has 1 heterocycles. The molecular formula is C18H27N3O2. The number of carbonyl (C=O) groups is 2. The van der Waals surface area contributed by atoms with Crippen LogP contribution in [-0.4, -0.2) is 61.4 Å². The van der Waals surface area contributed by atoms with E-state index in [1.807, 2.05) is 30.9 Å². The summed E-state index contributed by atoms with van der Waals surface area (Å²) in [6, 6.07) is 6.03. The lowest BCUT2D eigenvalue weighted by molar-refractivity contribution is -0.132. The lowest BCUT2D eigenvalue weighted by Gasteiger charge is -2.33. The van der Waals surface area contributed by atoms with Gasteiger partial charge in [0, 0.05) is 51.8 Å². The second-order valence-electron chi connectivity index (χ2n) is 6.39. The minimum absolute atomic E-state index is 0.0249. The Morgan fingerprint density at radius 2 is 1.78 bits per heavy atom. The van der Waals surface area contributed by atoms with Gasteiger partial charge in [-0.05, 0) is 32.5 Å². The SMILES string of the molecule is CC(=O)N(CCC(=O)N1CCN(C)CC1)c1ccc(C)cc1C. The zero-order chi connectivity index (χ0) is 17.0. The normalized spacial score (nSPS) is 15.6. The Hall–Kier alpha value is -1.88. The molecule has 1 fully saturated rings. The number of hydrogen-bond acceptors (Lipinski definition) is 3. The molecule has 0 unspecified atom stereocenters. The number of likely N-dealkylation sites (N-methyl/N-ethyl adjacent to an activating group) is 1. The van der Waals surface area contributed by atoms with Crippen molar-refractivity contribution >= 4 is 17.5 Å². The van der Waals surface area contributed by atoms with Crippen molar-refractivity contribution in [2.75, 3.05) is 44.7 Å². The standard InChI is InChI=1S/C18H27N3O2/c1-14-5-6-17(15(2)13-14)21(16(3)22)8-7-18(23)20-11-9-19(4)10-12-20/h5-6,13H,7-12H2,1-4H3. The number of benzene rings is 1. The van der Waals surface area contributed by atoms with Crippen molar-refractivity contribution < 1.29 is 9.59 Å². The fourth-order valence-corrected chi connectivity index (χ4v) is 2.98. The highest BCUT2D eigenvalue weighted by atomic mass is 16.2. The van der Waals surface area contributed by atoms with Crippen LogP contribution in [0.5, 0.6) is 0 Å². The molecule has 0 radical (unpaired) electrons. The summed E-state index contributed by atoms with van der Waals surface area (Å²) < 4.78 is 0. The molecule has 0 saturated carbocycles. The highest BCUT2D eigenvalue weighted by Crippen LogP contribution is 2.22. The van der Waals surface area contributed by atoms with Crippen molar-refractivity contribution in [3.63, 3.8) is 0 Å². The maximum absolute atomic E-state index is 12.4. The molecule has 1 aromatic carbocycles. The predicted octanol–water partition coefficient (Wildman–Crippen LogP) is 1.82. The number of aryl methyl sites for hydroxylation is 2. The van der Waals surface area contributed by atoms with Crippen LogP contribution in [0.25, 0.3) is 0 Å². The van der Waals surface area contributed by atoms with Crippen molar-refractivity contribution in [2.24, 2.45) is 0 Å². The van der Waals surface area contributed by atoms with Crippen molar-refractivity contribution in [3.05, 3.63) is 29.3 Å². The van der Waals surface area contributed by atoms with Crippen molar-refractivity contribution in [1.82, 2.24) is 9.80 Å². The van der Waals surface area contributed by atoms with Crippen LogP contribution < -0.4 is 4.90 Å². The van der Waals surface area contributed by atoms with Gasteiger partial charge >= 0.3 is 0 Å². The van der Waals surface area contributed by atoms with E-state index >= 15 is 0 Å². The van der Waals surface area contributed by atoms with Gasteiger partial charge in [-0.15, -0.1) is 0 Å². The summed E-state index contributed by atoms with van der Waals surface area (Å²) in [5.41, 5.74) is 3.13. The van der Waals surface area contributed by atoms with Crippen LogP contribution in [0.2, 0.25) is 0 Å². The van der Waals surface area contributed by atoms with Crippen molar-refractivity contribution in [3.8, 4) is 0 Å². The highest BCUT2D eigenvalue weighted by Gasteiger charge is 2.21. The van der Waals surface area contributed by atoms with E-state index in [4.69, 9.17) is 0 Å². The second-order valence-corrected chi connectivity index (χ2v) is 6.39. The monoisotopic (exact) mass is 317 g/mol. The van der Waals surface area contributed by atoms with Gasteiger partial charge in [0.15, 0.2) is 0 Å². The van der Waals surface area contributed by atoms with Crippen molar-refractivity contribution in [1.29, 1.82) is 0 Å². The first-order valence-electron chi connectivity index (χ1n) is 8.20. The third-order valence-corrected chi connectivity index (χ3v) is 4.43. The molecule has 5 heteroatoms. The molecule has 0 aliphatic carbocycles. The van der Waals surface area contributed by atoms with Crippen LogP contribution in [0.1, 0.15) is 24.5 Å². The zero-order valence-electron chi connectivity index (χ0n) is 14.6. The molecule has 0 N–H and O–H groups in total. The largest absolute Gasteiger partial charge is 0.340 e. The highest BCUT2D eigenvalue weighted by molar-refractivity contribution is 5.93. The molecule has 2 amide bonds. The van der Waals surface area contributed by atoms with Gasteiger partial charge in [0.1, 0.15) is 0 Å². The number of piperazine rings is 1. The number of amides is 2. The molecule has 23 heavy (non-hydrogen) atoms. The molecule has 126 valence electrons. The first-order chi connectivity index (χ1) is 10.9. The summed E-state index contributed by atoms with van der Waals surface area (Å²) in [5.74, 6) is 0.109.